The SMILES string of the molecule is NCC1(CNCCc2cscn2)CCOCC1. The second-order valence-electron chi connectivity index (χ2n) is 4.72. The van der Waals surface area contributed by atoms with Gasteiger partial charge in [0, 0.05) is 38.1 Å². The molecule has 0 spiro atoms. The number of aromatic nitrogens is 1. The zero-order valence-corrected chi connectivity index (χ0v) is 11.0. The molecule has 1 aromatic rings. The summed E-state index contributed by atoms with van der Waals surface area (Å²) in [5, 5.41) is 5.62. The molecule has 0 atom stereocenters. The third kappa shape index (κ3) is 3.74. The van der Waals surface area contributed by atoms with Gasteiger partial charge in [0.05, 0.1) is 11.2 Å². The van der Waals surface area contributed by atoms with Crippen molar-refractivity contribution in [2.24, 2.45) is 11.1 Å². The van der Waals surface area contributed by atoms with Crippen LogP contribution in [-0.2, 0) is 11.2 Å². The second-order valence-corrected chi connectivity index (χ2v) is 5.44. The van der Waals surface area contributed by atoms with Gasteiger partial charge < -0.3 is 15.8 Å². The highest BCUT2D eigenvalue weighted by molar-refractivity contribution is 7.07. The number of hydrogen-bond acceptors (Lipinski definition) is 5. The number of ether oxygens (including phenoxy) is 1. The van der Waals surface area contributed by atoms with E-state index in [9.17, 15) is 0 Å². The third-order valence-electron chi connectivity index (χ3n) is 3.53. The Balaban J connectivity index is 1.69. The van der Waals surface area contributed by atoms with Crippen molar-refractivity contribution in [2.75, 3.05) is 32.8 Å². The van der Waals surface area contributed by atoms with Crippen molar-refractivity contribution < 1.29 is 4.74 Å². The van der Waals surface area contributed by atoms with E-state index in [1.165, 1.54) is 5.69 Å². The minimum Gasteiger partial charge on any atom is -0.381 e. The fourth-order valence-corrected chi connectivity index (χ4v) is 2.78. The number of nitrogens with zero attached hydrogens (tertiary/aromatic N) is 1. The summed E-state index contributed by atoms with van der Waals surface area (Å²) in [4.78, 5) is 4.27. The summed E-state index contributed by atoms with van der Waals surface area (Å²) >= 11 is 1.65. The predicted molar refractivity (Wildman–Crippen MR) is 70.2 cm³/mol. The maximum atomic E-state index is 5.91. The van der Waals surface area contributed by atoms with Crippen molar-refractivity contribution in [2.45, 2.75) is 19.3 Å². The average molecular weight is 255 g/mol. The Labute approximate surface area is 107 Å². The van der Waals surface area contributed by atoms with Gasteiger partial charge in [-0.15, -0.1) is 11.3 Å². The highest BCUT2D eigenvalue weighted by Crippen LogP contribution is 2.28. The van der Waals surface area contributed by atoms with E-state index in [1.807, 2.05) is 5.51 Å². The molecule has 0 saturated carbocycles. The van der Waals surface area contributed by atoms with Gasteiger partial charge in [-0.1, -0.05) is 0 Å². The van der Waals surface area contributed by atoms with Crippen molar-refractivity contribution in [3.8, 4) is 0 Å². The smallest absolute Gasteiger partial charge is 0.0794 e. The second kappa shape index (κ2) is 6.44. The Kier molecular flexibility index (Phi) is 4.91. The third-order valence-corrected chi connectivity index (χ3v) is 4.16. The van der Waals surface area contributed by atoms with Crippen LogP contribution in [0.3, 0.4) is 0 Å². The standard InChI is InChI=1S/C12H21N3OS/c13-8-12(2-5-16-6-3-12)9-14-4-1-11-7-17-10-15-11/h7,10,14H,1-6,8-9,13H2. The van der Waals surface area contributed by atoms with Crippen LogP contribution >= 0.6 is 11.3 Å². The van der Waals surface area contributed by atoms with Gasteiger partial charge in [0.25, 0.3) is 0 Å². The van der Waals surface area contributed by atoms with Gasteiger partial charge in [-0.2, -0.15) is 0 Å². The van der Waals surface area contributed by atoms with Crippen LogP contribution in [0.1, 0.15) is 18.5 Å². The van der Waals surface area contributed by atoms with E-state index < -0.39 is 0 Å². The number of nitrogens with two attached hydrogens (primary N) is 1. The van der Waals surface area contributed by atoms with E-state index in [2.05, 4.69) is 15.7 Å². The summed E-state index contributed by atoms with van der Waals surface area (Å²) < 4.78 is 5.40. The van der Waals surface area contributed by atoms with E-state index in [4.69, 9.17) is 10.5 Å². The molecule has 4 nitrogen and oxygen atoms in total. The lowest BCUT2D eigenvalue weighted by Crippen LogP contribution is -2.44. The highest BCUT2D eigenvalue weighted by Gasteiger charge is 2.30. The minimum atomic E-state index is 0.250. The molecule has 96 valence electrons. The Morgan fingerprint density at radius 3 is 2.94 bits per heavy atom. The summed E-state index contributed by atoms with van der Waals surface area (Å²) in [6.45, 7) is 4.43. The largest absolute Gasteiger partial charge is 0.381 e. The molecular formula is C12H21N3OS. The van der Waals surface area contributed by atoms with Gasteiger partial charge >= 0.3 is 0 Å². The highest BCUT2D eigenvalue weighted by atomic mass is 32.1. The van der Waals surface area contributed by atoms with Crippen molar-refractivity contribution in [3.05, 3.63) is 16.6 Å². The Hall–Kier alpha value is -0.490. The Bertz CT molecular complexity index is 310. The molecule has 3 N–H and O–H groups in total. The minimum absolute atomic E-state index is 0.250. The first kappa shape index (κ1) is 13.0. The molecule has 0 aliphatic carbocycles. The van der Waals surface area contributed by atoms with Crippen LogP contribution in [-0.4, -0.2) is 37.8 Å². The van der Waals surface area contributed by atoms with Gasteiger partial charge in [0.2, 0.25) is 0 Å². The molecule has 17 heavy (non-hydrogen) atoms. The maximum absolute atomic E-state index is 5.91. The fraction of sp³-hybridized carbons (Fsp3) is 0.750. The van der Waals surface area contributed by atoms with Gasteiger partial charge in [-0.05, 0) is 24.8 Å². The first-order valence-electron chi connectivity index (χ1n) is 6.20. The molecule has 1 fully saturated rings. The molecule has 0 aromatic carbocycles. The number of rotatable bonds is 6. The zero-order valence-electron chi connectivity index (χ0n) is 10.2. The molecule has 1 aliphatic heterocycles. The predicted octanol–water partition coefficient (Wildman–Crippen LogP) is 1.03. The lowest BCUT2D eigenvalue weighted by Gasteiger charge is -2.36. The van der Waals surface area contributed by atoms with Crippen LogP contribution in [0, 0.1) is 5.41 Å². The van der Waals surface area contributed by atoms with E-state index in [1.54, 1.807) is 11.3 Å². The number of thiazole rings is 1. The van der Waals surface area contributed by atoms with Gasteiger partial charge in [-0.25, -0.2) is 4.98 Å². The van der Waals surface area contributed by atoms with Crippen molar-refractivity contribution in [3.63, 3.8) is 0 Å². The van der Waals surface area contributed by atoms with E-state index in [0.29, 0.717) is 0 Å². The molecule has 0 bridgehead atoms. The molecule has 1 aliphatic rings. The molecule has 2 rings (SSSR count). The van der Waals surface area contributed by atoms with Crippen molar-refractivity contribution >= 4 is 11.3 Å². The van der Waals surface area contributed by atoms with Crippen LogP contribution < -0.4 is 11.1 Å². The monoisotopic (exact) mass is 255 g/mol. The zero-order chi connectivity index (χ0) is 12.0. The van der Waals surface area contributed by atoms with Crippen LogP contribution in [0.5, 0.6) is 0 Å². The average Bonchev–Trinajstić information content (AvgIpc) is 2.89. The Morgan fingerprint density at radius 2 is 2.29 bits per heavy atom. The molecule has 0 radical (unpaired) electrons. The van der Waals surface area contributed by atoms with Gasteiger partial charge in [0.15, 0.2) is 0 Å². The van der Waals surface area contributed by atoms with E-state index in [0.717, 1.165) is 52.1 Å². The Morgan fingerprint density at radius 1 is 1.47 bits per heavy atom. The first-order valence-corrected chi connectivity index (χ1v) is 7.15. The molecule has 2 heterocycles. The normalized spacial score (nSPS) is 19.4. The lowest BCUT2D eigenvalue weighted by atomic mass is 9.80. The summed E-state index contributed by atoms with van der Waals surface area (Å²) in [6.07, 6.45) is 3.15. The molecular weight excluding hydrogens is 234 g/mol. The fourth-order valence-electron chi connectivity index (χ4n) is 2.19. The summed E-state index contributed by atoms with van der Waals surface area (Å²) in [5.41, 5.74) is 9.22. The molecule has 0 unspecified atom stereocenters. The maximum Gasteiger partial charge on any atom is 0.0794 e. The van der Waals surface area contributed by atoms with Crippen LogP contribution in [0.2, 0.25) is 0 Å². The van der Waals surface area contributed by atoms with Gasteiger partial charge in [-0.3, -0.25) is 0 Å². The lowest BCUT2D eigenvalue weighted by molar-refractivity contribution is 0.0193. The molecule has 5 heteroatoms. The summed E-state index contributed by atoms with van der Waals surface area (Å²) in [6, 6.07) is 0. The van der Waals surface area contributed by atoms with Crippen molar-refractivity contribution in [1.82, 2.24) is 10.3 Å². The number of nitrogens with one attached hydrogen (secondary N) is 1. The van der Waals surface area contributed by atoms with Crippen LogP contribution in [0.25, 0.3) is 0 Å². The topological polar surface area (TPSA) is 60.2 Å². The summed E-state index contributed by atoms with van der Waals surface area (Å²) in [5.74, 6) is 0. The molecule has 1 saturated heterocycles. The molecule has 1 aromatic heterocycles. The molecule has 0 amide bonds. The number of hydrogen-bond donors (Lipinski definition) is 2. The summed E-state index contributed by atoms with van der Waals surface area (Å²) in [7, 11) is 0. The van der Waals surface area contributed by atoms with Crippen molar-refractivity contribution in [1.29, 1.82) is 0 Å². The van der Waals surface area contributed by atoms with E-state index in [-0.39, 0.29) is 5.41 Å². The van der Waals surface area contributed by atoms with Crippen LogP contribution in [0.4, 0.5) is 0 Å². The van der Waals surface area contributed by atoms with Crippen LogP contribution in [0.15, 0.2) is 10.9 Å². The van der Waals surface area contributed by atoms with Gasteiger partial charge in [0.1, 0.15) is 0 Å². The first-order chi connectivity index (χ1) is 8.35. The van der Waals surface area contributed by atoms with E-state index >= 15 is 0 Å². The quantitative estimate of drug-likeness (QED) is 0.745.